The van der Waals surface area contributed by atoms with Gasteiger partial charge in [-0.05, 0) is 43.0 Å². The molecule has 0 aliphatic carbocycles. The number of nitrogen functional groups attached to an aromatic ring is 1. The van der Waals surface area contributed by atoms with Crippen molar-refractivity contribution in [2.75, 3.05) is 29.6 Å². The maximum absolute atomic E-state index is 8.85. The Labute approximate surface area is 107 Å². The van der Waals surface area contributed by atoms with Gasteiger partial charge >= 0.3 is 0 Å². The van der Waals surface area contributed by atoms with Gasteiger partial charge in [0.1, 0.15) is 6.07 Å². The highest BCUT2D eigenvalue weighted by atomic mass is 32.2. The second-order valence-electron chi connectivity index (χ2n) is 3.89. The zero-order chi connectivity index (χ0) is 12.5. The second-order valence-corrected chi connectivity index (χ2v) is 4.88. The Kier molecular flexibility index (Phi) is 6.34. The van der Waals surface area contributed by atoms with Crippen LogP contribution in [-0.4, -0.2) is 18.6 Å². The fraction of sp³-hybridized carbons (Fsp3) is 0.462. The van der Waals surface area contributed by atoms with Gasteiger partial charge < -0.3 is 11.1 Å². The molecule has 1 aromatic carbocycles. The van der Waals surface area contributed by atoms with Gasteiger partial charge in [-0.25, -0.2) is 0 Å². The third-order valence-electron chi connectivity index (χ3n) is 2.53. The number of anilines is 2. The number of hydrogen-bond donors (Lipinski definition) is 2. The molecule has 3 nitrogen and oxygen atoms in total. The second kappa shape index (κ2) is 7.86. The number of rotatable bonds is 7. The number of hydrogen-bond acceptors (Lipinski definition) is 4. The Morgan fingerprint density at radius 1 is 1.35 bits per heavy atom. The maximum Gasteiger partial charge on any atom is 0.101 e. The molecule has 1 aromatic rings. The van der Waals surface area contributed by atoms with Crippen molar-refractivity contribution < 1.29 is 0 Å². The van der Waals surface area contributed by atoms with E-state index in [1.807, 2.05) is 17.8 Å². The summed E-state index contributed by atoms with van der Waals surface area (Å²) in [6, 6.07) is 7.58. The third-order valence-corrected chi connectivity index (χ3v) is 3.23. The van der Waals surface area contributed by atoms with Gasteiger partial charge in [-0.3, -0.25) is 0 Å². The Morgan fingerprint density at radius 2 is 2.18 bits per heavy atom. The monoisotopic (exact) mass is 249 g/mol. The van der Waals surface area contributed by atoms with E-state index in [1.54, 1.807) is 12.1 Å². The molecule has 0 fully saturated rings. The predicted molar refractivity (Wildman–Crippen MR) is 76.3 cm³/mol. The lowest BCUT2D eigenvalue weighted by Gasteiger charge is -2.07. The summed E-state index contributed by atoms with van der Waals surface area (Å²) in [5.74, 6) is 1.24. The van der Waals surface area contributed by atoms with Crippen molar-refractivity contribution in [3.05, 3.63) is 23.8 Å². The van der Waals surface area contributed by atoms with Crippen LogP contribution >= 0.6 is 11.8 Å². The first kappa shape index (κ1) is 13.7. The normalized spacial score (nSPS) is 9.88. The first-order valence-electron chi connectivity index (χ1n) is 5.80. The van der Waals surface area contributed by atoms with Crippen LogP contribution < -0.4 is 11.1 Å². The Balaban J connectivity index is 2.30. The third kappa shape index (κ3) is 5.01. The average molecular weight is 249 g/mol. The van der Waals surface area contributed by atoms with E-state index >= 15 is 0 Å². The molecule has 0 spiro atoms. The number of nitrogens with one attached hydrogen (secondary N) is 1. The van der Waals surface area contributed by atoms with E-state index in [1.165, 1.54) is 18.6 Å². The Hall–Kier alpha value is -1.34. The molecule has 1 rings (SSSR count). The lowest BCUT2D eigenvalue weighted by Crippen LogP contribution is -2.02. The molecule has 0 radical (unpaired) electrons. The summed E-state index contributed by atoms with van der Waals surface area (Å²) in [6.07, 6.45) is 5.81. The molecule has 0 amide bonds. The van der Waals surface area contributed by atoms with Crippen LogP contribution in [-0.2, 0) is 0 Å². The molecule has 0 heterocycles. The maximum atomic E-state index is 8.85. The minimum Gasteiger partial charge on any atom is -0.398 e. The van der Waals surface area contributed by atoms with Crippen LogP contribution in [0.4, 0.5) is 11.4 Å². The van der Waals surface area contributed by atoms with Crippen molar-refractivity contribution in [3.8, 4) is 6.07 Å². The van der Waals surface area contributed by atoms with Crippen molar-refractivity contribution in [1.82, 2.24) is 0 Å². The van der Waals surface area contributed by atoms with Gasteiger partial charge in [-0.1, -0.05) is 6.42 Å². The topological polar surface area (TPSA) is 61.8 Å². The first-order valence-corrected chi connectivity index (χ1v) is 7.19. The van der Waals surface area contributed by atoms with Crippen LogP contribution in [0.5, 0.6) is 0 Å². The van der Waals surface area contributed by atoms with E-state index in [4.69, 9.17) is 11.0 Å². The number of nitrogens with zero attached hydrogens (tertiary/aromatic N) is 1. The van der Waals surface area contributed by atoms with Crippen LogP contribution in [0.15, 0.2) is 18.2 Å². The molecular weight excluding hydrogens is 230 g/mol. The summed E-state index contributed by atoms with van der Waals surface area (Å²) in [7, 11) is 0. The molecular formula is C13H19N3S. The molecule has 0 aliphatic heterocycles. The molecule has 0 bridgehead atoms. The molecule has 17 heavy (non-hydrogen) atoms. The fourth-order valence-corrected chi connectivity index (χ4v) is 2.04. The summed E-state index contributed by atoms with van der Waals surface area (Å²) in [4.78, 5) is 0. The van der Waals surface area contributed by atoms with Gasteiger partial charge in [0.25, 0.3) is 0 Å². The molecule has 0 saturated carbocycles. The number of benzene rings is 1. The van der Waals surface area contributed by atoms with Crippen molar-refractivity contribution in [3.63, 3.8) is 0 Å². The van der Waals surface area contributed by atoms with Crippen LogP contribution in [0.1, 0.15) is 24.8 Å². The number of thioether (sulfide) groups is 1. The summed E-state index contributed by atoms with van der Waals surface area (Å²) in [6.45, 7) is 0.948. The lowest BCUT2D eigenvalue weighted by molar-refractivity contribution is 0.750. The first-order chi connectivity index (χ1) is 8.27. The fourth-order valence-electron chi connectivity index (χ4n) is 1.54. The Bertz CT molecular complexity index is 385. The number of nitrogens with two attached hydrogens (primary N) is 1. The molecule has 0 aromatic heterocycles. The molecule has 0 aliphatic rings. The van der Waals surface area contributed by atoms with Gasteiger partial charge in [0.15, 0.2) is 0 Å². The molecule has 0 saturated heterocycles. The van der Waals surface area contributed by atoms with E-state index in [0.29, 0.717) is 11.3 Å². The molecule has 92 valence electrons. The molecule has 0 unspecified atom stereocenters. The van der Waals surface area contributed by atoms with Crippen molar-refractivity contribution in [2.45, 2.75) is 19.3 Å². The highest BCUT2D eigenvalue weighted by molar-refractivity contribution is 7.98. The minimum absolute atomic E-state index is 0.539. The van der Waals surface area contributed by atoms with E-state index in [2.05, 4.69) is 17.6 Å². The average Bonchev–Trinajstić information content (AvgIpc) is 2.35. The van der Waals surface area contributed by atoms with E-state index < -0.39 is 0 Å². The summed E-state index contributed by atoms with van der Waals surface area (Å²) >= 11 is 1.89. The lowest BCUT2D eigenvalue weighted by atomic mass is 10.1. The van der Waals surface area contributed by atoms with E-state index in [0.717, 1.165) is 18.7 Å². The van der Waals surface area contributed by atoms with Gasteiger partial charge in [0.05, 0.1) is 5.56 Å². The summed E-state index contributed by atoms with van der Waals surface area (Å²) in [5.41, 5.74) is 7.71. The van der Waals surface area contributed by atoms with Gasteiger partial charge in [-0.15, -0.1) is 0 Å². The largest absolute Gasteiger partial charge is 0.398 e. The van der Waals surface area contributed by atoms with Gasteiger partial charge in [0.2, 0.25) is 0 Å². The minimum atomic E-state index is 0.539. The summed E-state index contributed by atoms with van der Waals surface area (Å²) < 4.78 is 0. The van der Waals surface area contributed by atoms with Crippen molar-refractivity contribution in [2.24, 2.45) is 0 Å². The van der Waals surface area contributed by atoms with Crippen LogP contribution in [0.2, 0.25) is 0 Å². The number of unbranched alkanes of at least 4 members (excludes halogenated alkanes) is 2. The predicted octanol–water partition coefficient (Wildman–Crippen LogP) is 3.09. The van der Waals surface area contributed by atoms with Crippen molar-refractivity contribution in [1.29, 1.82) is 5.26 Å². The smallest absolute Gasteiger partial charge is 0.101 e. The van der Waals surface area contributed by atoms with Crippen LogP contribution in [0.25, 0.3) is 0 Å². The van der Waals surface area contributed by atoms with Crippen LogP contribution in [0.3, 0.4) is 0 Å². The molecule has 3 N–H and O–H groups in total. The quantitative estimate of drug-likeness (QED) is 0.576. The molecule has 4 heteroatoms. The highest BCUT2D eigenvalue weighted by Gasteiger charge is 1.99. The zero-order valence-electron chi connectivity index (χ0n) is 10.2. The van der Waals surface area contributed by atoms with Crippen LogP contribution in [0, 0.1) is 11.3 Å². The van der Waals surface area contributed by atoms with Crippen molar-refractivity contribution >= 4 is 23.1 Å². The zero-order valence-corrected chi connectivity index (χ0v) is 11.0. The standard InChI is InChI=1S/C13H19N3S/c1-17-8-4-2-3-7-16-12-5-6-13(15)11(9-12)10-14/h5-6,9,16H,2-4,7-8,15H2,1H3. The Morgan fingerprint density at radius 3 is 2.88 bits per heavy atom. The van der Waals surface area contributed by atoms with E-state index in [-0.39, 0.29) is 0 Å². The highest BCUT2D eigenvalue weighted by Crippen LogP contribution is 2.16. The van der Waals surface area contributed by atoms with Gasteiger partial charge in [0, 0.05) is 17.9 Å². The molecule has 0 atom stereocenters. The van der Waals surface area contributed by atoms with E-state index in [9.17, 15) is 0 Å². The SMILES string of the molecule is CSCCCCCNc1ccc(N)c(C#N)c1. The number of nitriles is 1. The summed E-state index contributed by atoms with van der Waals surface area (Å²) in [5, 5.41) is 12.2. The van der Waals surface area contributed by atoms with Gasteiger partial charge in [-0.2, -0.15) is 17.0 Å².